The van der Waals surface area contributed by atoms with Crippen molar-refractivity contribution in [3.05, 3.63) is 28.5 Å². The van der Waals surface area contributed by atoms with E-state index in [0.29, 0.717) is 5.02 Å². The molecule has 0 aromatic carbocycles. The maximum Gasteiger partial charge on any atom is 0.303 e. The molecule has 0 saturated heterocycles. The third-order valence-electron chi connectivity index (χ3n) is 2.30. The zero-order valence-corrected chi connectivity index (χ0v) is 8.54. The Balaban J connectivity index is 2.30. The molecular weight excluding hydrogens is 202 g/mol. The number of hydrogen-bond acceptors (Lipinski definition) is 3. The van der Waals surface area contributed by atoms with E-state index < -0.39 is 0 Å². The molecule has 4 heteroatoms. The minimum atomic E-state index is -0.273. The van der Waals surface area contributed by atoms with Gasteiger partial charge < -0.3 is 4.74 Å². The lowest BCUT2D eigenvalue weighted by atomic mass is 10.2. The van der Waals surface area contributed by atoms with E-state index in [-0.39, 0.29) is 12.1 Å². The molecule has 0 spiro atoms. The average Bonchev–Trinajstić information content (AvgIpc) is 2.49. The highest BCUT2D eigenvalue weighted by molar-refractivity contribution is 6.31. The zero-order valence-electron chi connectivity index (χ0n) is 7.79. The topological polar surface area (TPSA) is 39.2 Å². The first-order valence-corrected chi connectivity index (χ1v) is 4.87. The molecule has 0 fully saturated rings. The summed E-state index contributed by atoms with van der Waals surface area (Å²) in [6, 6.07) is 1.76. The van der Waals surface area contributed by atoms with Gasteiger partial charge in [0.2, 0.25) is 0 Å². The second-order valence-electron chi connectivity index (χ2n) is 3.29. The quantitative estimate of drug-likeness (QED) is 0.669. The molecule has 1 aliphatic carbocycles. The summed E-state index contributed by atoms with van der Waals surface area (Å²) in [6.07, 6.45) is 3.05. The molecule has 0 N–H and O–H groups in total. The van der Waals surface area contributed by atoms with Crippen molar-refractivity contribution in [3.8, 4) is 0 Å². The summed E-state index contributed by atoms with van der Waals surface area (Å²) < 4.78 is 5.13. The number of ether oxygens (including phenoxy) is 1. The largest absolute Gasteiger partial charge is 0.456 e. The van der Waals surface area contributed by atoms with Gasteiger partial charge in [0, 0.05) is 18.1 Å². The van der Waals surface area contributed by atoms with Crippen LogP contribution in [0.3, 0.4) is 0 Å². The Hall–Kier alpha value is -1.09. The van der Waals surface area contributed by atoms with Crippen LogP contribution in [0.5, 0.6) is 0 Å². The lowest BCUT2D eigenvalue weighted by Gasteiger charge is -2.10. The van der Waals surface area contributed by atoms with E-state index in [1.807, 2.05) is 0 Å². The number of halogens is 1. The van der Waals surface area contributed by atoms with Crippen LogP contribution in [0.1, 0.15) is 30.7 Å². The molecule has 0 amide bonds. The molecule has 0 saturated carbocycles. The molecule has 0 aliphatic heterocycles. The molecule has 1 aromatic rings. The molecule has 0 bridgehead atoms. The summed E-state index contributed by atoms with van der Waals surface area (Å²) in [5, 5.41) is 0.713. The van der Waals surface area contributed by atoms with Gasteiger partial charge in [0.05, 0.1) is 5.69 Å². The number of esters is 1. The molecule has 0 radical (unpaired) electrons. The number of pyridine rings is 1. The van der Waals surface area contributed by atoms with Crippen molar-refractivity contribution in [1.29, 1.82) is 0 Å². The lowest BCUT2D eigenvalue weighted by molar-refractivity contribution is -0.146. The number of rotatable bonds is 1. The number of carbonyl (C=O) groups excluding carboxylic acids is 1. The Bertz CT molecular complexity index is 378. The Kier molecular flexibility index (Phi) is 2.42. The summed E-state index contributed by atoms with van der Waals surface area (Å²) in [4.78, 5) is 15.0. The van der Waals surface area contributed by atoms with Crippen molar-refractivity contribution in [2.45, 2.75) is 25.9 Å². The molecule has 14 heavy (non-hydrogen) atoms. The molecule has 3 nitrogen and oxygen atoms in total. The van der Waals surface area contributed by atoms with Gasteiger partial charge in [-0.15, -0.1) is 0 Å². The van der Waals surface area contributed by atoms with E-state index >= 15 is 0 Å². The maximum atomic E-state index is 10.8. The van der Waals surface area contributed by atoms with E-state index in [9.17, 15) is 4.79 Å². The van der Waals surface area contributed by atoms with Crippen LogP contribution >= 0.6 is 11.6 Å². The number of nitrogens with zero attached hydrogens (tertiary/aromatic N) is 1. The van der Waals surface area contributed by atoms with E-state index in [1.54, 1.807) is 12.3 Å². The summed E-state index contributed by atoms with van der Waals surface area (Å²) >= 11 is 5.99. The van der Waals surface area contributed by atoms with Crippen molar-refractivity contribution in [2.75, 3.05) is 0 Å². The smallest absolute Gasteiger partial charge is 0.303 e. The zero-order chi connectivity index (χ0) is 10.1. The molecule has 2 rings (SSSR count). The van der Waals surface area contributed by atoms with Crippen LogP contribution in [0.15, 0.2) is 12.3 Å². The third-order valence-corrected chi connectivity index (χ3v) is 2.66. The Labute approximate surface area is 87.0 Å². The van der Waals surface area contributed by atoms with Crippen LogP contribution in [-0.4, -0.2) is 11.0 Å². The van der Waals surface area contributed by atoms with Crippen molar-refractivity contribution in [1.82, 2.24) is 4.98 Å². The maximum absolute atomic E-state index is 10.8. The first-order chi connectivity index (χ1) is 6.68. The normalized spacial score (nSPS) is 19.1. The van der Waals surface area contributed by atoms with E-state index in [1.165, 1.54) is 6.92 Å². The van der Waals surface area contributed by atoms with Gasteiger partial charge in [0.15, 0.2) is 0 Å². The minimum Gasteiger partial charge on any atom is -0.456 e. The van der Waals surface area contributed by atoms with Crippen molar-refractivity contribution in [2.24, 2.45) is 0 Å². The fourth-order valence-corrected chi connectivity index (χ4v) is 1.98. The van der Waals surface area contributed by atoms with Gasteiger partial charge in [-0.05, 0) is 24.5 Å². The van der Waals surface area contributed by atoms with Gasteiger partial charge in [0.1, 0.15) is 6.10 Å². The second kappa shape index (κ2) is 3.58. The number of carbonyl (C=O) groups is 1. The van der Waals surface area contributed by atoms with Gasteiger partial charge in [-0.2, -0.15) is 0 Å². The molecular formula is C10H10ClNO2. The standard InChI is InChI=1S/C10H10ClNO2/c1-6(13)14-9-3-2-7-8(11)4-5-12-10(7)9/h4-5,9H,2-3H2,1H3. The van der Waals surface area contributed by atoms with Crippen molar-refractivity contribution < 1.29 is 9.53 Å². The van der Waals surface area contributed by atoms with Gasteiger partial charge in [-0.1, -0.05) is 11.6 Å². The summed E-state index contributed by atoms with van der Waals surface area (Å²) in [5.74, 6) is -0.273. The molecule has 1 heterocycles. The summed E-state index contributed by atoms with van der Waals surface area (Å²) in [6.45, 7) is 1.41. The monoisotopic (exact) mass is 211 g/mol. The molecule has 74 valence electrons. The van der Waals surface area contributed by atoms with Crippen molar-refractivity contribution >= 4 is 17.6 Å². The van der Waals surface area contributed by atoms with Gasteiger partial charge in [0.25, 0.3) is 0 Å². The number of hydrogen-bond donors (Lipinski definition) is 0. The van der Waals surface area contributed by atoms with Gasteiger partial charge in [-0.25, -0.2) is 0 Å². The van der Waals surface area contributed by atoms with E-state index in [2.05, 4.69) is 4.98 Å². The van der Waals surface area contributed by atoms with E-state index in [0.717, 1.165) is 24.1 Å². The van der Waals surface area contributed by atoms with Crippen LogP contribution in [0.2, 0.25) is 5.02 Å². The van der Waals surface area contributed by atoms with Gasteiger partial charge >= 0.3 is 5.97 Å². The minimum absolute atomic E-state index is 0.207. The Morgan fingerprint density at radius 2 is 2.50 bits per heavy atom. The highest BCUT2D eigenvalue weighted by atomic mass is 35.5. The summed E-state index contributed by atoms with van der Waals surface area (Å²) in [7, 11) is 0. The molecule has 1 aliphatic rings. The number of fused-ring (bicyclic) bond motifs is 1. The van der Waals surface area contributed by atoms with Crippen LogP contribution < -0.4 is 0 Å². The fourth-order valence-electron chi connectivity index (χ4n) is 1.74. The number of aromatic nitrogens is 1. The Morgan fingerprint density at radius 1 is 1.71 bits per heavy atom. The lowest BCUT2D eigenvalue weighted by Crippen LogP contribution is -2.06. The first kappa shape index (κ1) is 9.46. The average molecular weight is 212 g/mol. The predicted molar refractivity (Wildman–Crippen MR) is 52.1 cm³/mol. The van der Waals surface area contributed by atoms with Gasteiger partial charge in [-0.3, -0.25) is 9.78 Å². The SMILES string of the molecule is CC(=O)OC1CCc2c(Cl)ccnc21. The molecule has 1 aromatic heterocycles. The summed E-state index contributed by atoms with van der Waals surface area (Å²) in [5.41, 5.74) is 1.83. The second-order valence-corrected chi connectivity index (χ2v) is 3.70. The highest BCUT2D eigenvalue weighted by Crippen LogP contribution is 2.35. The predicted octanol–water partition coefficient (Wildman–Crippen LogP) is 2.29. The van der Waals surface area contributed by atoms with Crippen molar-refractivity contribution in [3.63, 3.8) is 0 Å². The fraction of sp³-hybridized carbons (Fsp3) is 0.400. The first-order valence-electron chi connectivity index (χ1n) is 4.49. The molecule has 1 unspecified atom stereocenters. The van der Waals surface area contributed by atoms with Crippen LogP contribution in [0.25, 0.3) is 0 Å². The third kappa shape index (κ3) is 1.60. The highest BCUT2D eigenvalue weighted by Gasteiger charge is 2.27. The van der Waals surface area contributed by atoms with Crippen LogP contribution in [0, 0.1) is 0 Å². The van der Waals surface area contributed by atoms with E-state index in [4.69, 9.17) is 16.3 Å². The molecule has 1 atom stereocenters. The van der Waals surface area contributed by atoms with Crippen LogP contribution in [-0.2, 0) is 16.0 Å². The van der Waals surface area contributed by atoms with Crippen LogP contribution in [0.4, 0.5) is 0 Å². The Morgan fingerprint density at radius 3 is 3.21 bits per heavy atom.